The first-order valence-corrected chi connectivity index (χ1v) is 0. The SMILES string of the molecule is O.O.O.O.O.O.O.O.O.O.O.O.[Bi].[Bi].[Bi].[Bi].[GeH4].[GeH4].[GeH4]. The summed E-state index contributed by atoms with van der Waals surface area (Å²) in [5, 5.41) is 0. The van der Waals surface area contributed by atoms with Crippen LogP contribution in [0.5, 0.6) is 0 Å². The maximum absolute atomic E-state index is 0. The molecule has 0 rings (SSSR count). The van der Waals surface area contributed by atoms with Crippen LogP contribution in [0.2, 0.25) is 0 Å². The molecule has 0 aliphatic rings. The van der Waals surface area contributed by atoms with E-state index in [-0.39, 0.29) is 223 Å². The molecule has 12 nitrogen and oxygen atoms in total. The second-order valence-corrected chi connectivity index (χ2v) is 0. The van der Waals surface area contributed by atoms with Crippen molar-refractivity contribution in [1.82, 2.24) is 0 Å². The van der Waals surface area contributed by atoms with Crippen LogP contribution in [0.3, 0.4) is 0 Å². The normalized spacial score (nSPS) is 0. The van der Waals surface area contributed by atoms with Gasteiger partial charge in [0.05, 0.1) is 0 Å². The van der Waals surface area contributed by atoms with Crippen molar-refractivity contribution in [1.29, 1.82) is 0 Å². The molecule has 0 fully saturated rings. The fraction of sp³-hybridized carbons (Fsp3) is 0. The molecule has 0 aromatic heterocycles. The summed E-state index contributed by atoms with van der Waals surface area (Å²) in [6, 6.07) is 0. The minimum absolute atomic E-state index is 0. The molecule has 0 spiro atoms. The van der Waals surface area contributed by atoms with E-state index < -0.39 is 0 Å². The van der Waals surface area contributed by atoms with E-state index in [9.17, 15) is 0 Å². The zero-order valence-electron chi connectivity index (χ0n) is 7.79. The summed E-state index contributed by atoms with van der Waals surface area (Å²) >= 11 is 0. The molecule has 0 saturated heterocycles. The Bertz CT molecular complexity index is 24.9. The summed E-state index contributed by atoms with van der Waals surface area (Å²) < 4.78 is 0. The first-order chi connectivity index (χ1) is 0. The zero-order chi connectivity index (χ0) is 0. The van der Waals surface area contributed by atoms with E-state index in [1.54, 1.807) is 0 Å². The van der Waals surface area contributed by atoms with Gasteiger partial charge < -0.3 is 65.7 Å². The van der Waals surface area contributed by atoms with Gasteiger partial charge in [0.15, 0.2) is 0 Å². The molecule has 0 atom stereocenters. The average Bonchev–Trinajstić information content (AvgIpc) is 0. The van der Waals surface area contributed by atoms with Crippen LogP contribution in [-0.4, -0.2) is 223 Å². The molecule has 0 unspecified atom stereocenters. The van der Waals surface area contributed by atoms with Crippen LogP contribution < -0.4 is 0 Å². The van der Waals surface area contributed by atoms with Gasteiger partial charge in [-0.25, -0.2) is 0 Å². The third kappa shape index (κ3) is 443. The third-order valence-electron chi connectivity index (χ3n) is 0. The summed E-state index contributed by atoms with van der Waals surface area (Å²) in [4.78, 5) is 0. The van der Waals surface area contributed by atoms with Crippen LogP contribution in [0, 0.1) is 0 Å². The molecule has 19 heavy (non-hydrogen) atoms. The predicted octanol–water partition coefficient (Wildman–Crippen LogP) is -15.8. The second kappa shape index (κ2) is 487. The van der Waals surface area contributed by atoms with Gasteiger partial charge in [-0.2, -0.15) is 0 Å². The Labute approximate surface area is 219 Å². The first kappa shape index (κ1) is 556. The molecule has 0 aromatic carbocycles. The Hall–Kier alpha value is 4.68. The molecule has 0 amide bonds. The summed E-state index contributed by atoms with van der Waals surface area (Å²) in [6.45, 7) is 0. The predicted molar refractivity (Wildman–Crippen MR) is 100 cm³/mol. The van der Waals surface area contributed by atoms with Crippen molar-refractivity contribution in [3.8, 4) is 0 Å². The van der Waals surface area contributed by atoms with Gasteiger partial charge in [-0.15, -0.1) is 0 Å². The van der Waals surface area contributed by atoms with E-state index >= 15 is 0 Å². The number of rotatable bonds is 0. The van der Waals surface area contributed by atoms with Crippen molar-refractivity contribution >= 4 is 158 Å². The summed E-state index contributed by atoms with van der Waals surface area (Å²) in [5.74, 6) is 0. The van der Waals surface area contributed by atoms with E-state index in [0.29, 0.717) is 0 Å². The molecule has 0 bridgehead atoms. The van der Waals surface area contributed by atoms with Crippen molar-refractivity contribution in [2.24, 2.45) is 0 Å². The zero-order valence-corrected chi connectivity index (χ0v) is 21.7. The van der Waals surface area contributed by atoms with Gasteiger partial charge in [0.2, 0.25) is 0 Å². The van der Waals surface area contributed by atoms with Gasteiger partial charge in [-0.3, -0.25) is 0 Å². The Balaban J connectivity index is 0. The standard InChI is InChI=1S/4Bi.3GeH4.12H2O/h;;;;3*1H4;12*1H2. The van der Waals surface area contributed by atoms with Crippen LogP contribution in [0.25, 0.3) is 0 Å². The van der Waals surface area contributed by atoms with E-state index in [4.69, 9.17) is 0 Å². The fourth-order valence-electron chi connectivity index (χ4n) is 0. The number of hydrogen-bond donors (Lipinski definition) is 0. The van der Waals surface area contributed by atoms with Gasteiger partial charge in [0.1, 0.15) is 0 Å². The molecule has 24 N–H and O–H groups in total. The van der Waals surface area contributed by atoms with Crippen LogP contribution in [-0.2, 0) is 0 Å². The van der Waals surface area contributed by atoms with E-state index in [1.807, 2.05) is 0 Å². The van der Waals surface area contributed by atoms with Crippen molar-refractivity contribution in [3.63, 3.8) is 0 Å². The molecule has 0 aromatic rings. The quantitative estimate of drug-likeness (QED) is 0.204. The van der Waals surface area contributed by atoms with Gasteiger partial charge in [0, 0.05) is 105 Å². The van der Waals surface area contributed by atoms with Gasteiger partial charge in [-0.05, 0) is 0 Å². The number of hydrogen-bond acceptors (Lipinski definition) is 0. The van der Waals surface area contributed by atoms with E-state index in [1.165, 1.54) is 0 Å². The van der Waals surface area contributed by atoms with E-state index in [2.05, 4.69) is 0 Å². The van der Waals surface area contributed by atoms with Gasteiger partial charge >= 0.3 is 52.8 Å². The average molecular weight is 1280 g/mol. The molecule has 0 aliphatic carbocycles. The Morgan fingerprint density at radius 1 is 0.158 bits per heavy atom. The topological polar surface area (TPSA) is 378 Å². The van der Waals surface area contributed by atoms with Crippen molar-refractivity contribution < 1.29 is 65.7 Å². The van der Waals surface area contributed by atoms with Crippen LogP contribution in [0.15, 0.2) is 0 Å². The van der Waals surface area contributed by atoms with Gasteiger partial charge in [0.25, 0.3) is 0 Å². The van der Waals surface area contributed by atoms with Crippen molar-refractivity contribution in [3.05, 3.63) is 0 Å². The van der Waals surface area contributed by atoms with Crippen LogP contribution >= 0.6 is 0 Å². The van der Waals surface area contributed by atoms with Crippen molar-refractivity contribution in [2.45, 2.75) is 0 Å². The van der Waals surface area contributed by atoms with Crippen molar-refractivity contribution in [2.75, 3.05) is 0 Å². The minimum atomic E-state index is 0. The first-order valence-electron chi connectivity index (χ1n) is 0. The van der Waals surface area contributed by atoms with Crippen LogP contribution in [0.4, 0.5) is 0 Å². The molecule has 0 aliphatic heterocycles. The third-order valence-corrected chi connectivity index (χ3v) is 0. The second-order valence-electron chi connectivity index (χ2n) is 0. The van der Waals surface area contributed by atoms with Gasteiger partial charge in [-0.1, -0.05) is 0 Å². The molecular weight excluding hydrogens is 1250 g/mol. The summed E-state index contributed by atoms with van der Waals surface area (Å²) in [5.41, 5.74) is 0. The molecule has 0 saturated carbocycles. The molecule has 0 heterocycles. The Morgan fingerprint density at radius 2 is 0.158 bits per heavy atom. The maximum atomic E-state index is 0. The molecule has 19 heteroatoms. The fourth-order valence-corrected chi connectivity index (χ4v) is 0. The molecule has 12 radical (unpaired) electrons. The van der Waals surface area contributed by atoms with E-state index in [0.717, 1.165) is 0 Å². The molecular formula is H36Bi4Ge3O12. The Kier molecular flexibility index (Phi) is 14200. The molecule has 140 valence electrons. The monoisotopic (exact) mass is 1290 g/mol. The van der Waals surface area contributed by atoms with Crippen LogP contribution in [0.1, 0.15) is 0 Å². The summed E-state index contributed by atoms with van der Waals surface area (Å²) in [7, 11) is 0. The summed E-state index contributed by atoms with van der Waals surface area (Å²) in [6.07, 6.45) is 0. The Morgan fingerprint density at radius 3 is 0.158 bits per heavy atom.